The number of hydrogen-bond acceptors (Lipinski definition) is 10. The number of carbonyl (C=O) groups is 4. The van der Waals surface area contributed by atoms with Crippen LogP contribution in [0.4, 0.5) is 0 Å². The molecule has 3 aromatic rings. The van der Waals surface area contributed by atoms with Gasteiger partial charge < -0.3 is 29.4 Å². The number of benzene rings is 2. The average molecular weight is 591 g/mol. The normalized spacial score (nSPS) is 20.6. The van der Waals surface area contributed by atoms with E-state index in [0.29, 0.717) is 0 Å². The van der Waals surface area contributed by atoms with Gasteiger partial charge in [-0.15, -0.1) is 0 Å². The van der Waals surface area contributed by atoms with Crippen molar-refractivity contribution in [3.05, 3.63) is 78.1 Å². The van der Waals surface area contributed by atoms with Crippen LogP contribution in [0.15, 0.2) is 66.9 Å². The van der Waals surface area contributed by atoms with Crippen LogP contribution in [0.2, 0.25) is 0 Å². The lowest BCUT2D eigenvalue weighted by molar-refractivity contribution is -0.176. The standard InChI is InChI=1S/C32H34N2O9/c1-18(2)30(37)43-28-19(3)42-32(39)24(34-29(36)26-27(35)25(40-4)14-15-33-26)17-41-31(38)23(28)16-20-10-12-22(13-11-20)21-8-6-5-7-9-21/h5-15,18-19,23-24,28,35H,16-17H2,1-4H3,(H,34,36)/t19-,23+,24-,28-/m0/s1. The summed E-state index contributed by atoms with van der Waals surface area (Å²) in [5.74, 6) is -5.20. The molecule has 1 aliphatic rings. The average Bonchev–Trinajstić information content (AvgIpc) is 3.04. The van der Waals surface area contributed by atoms with Crippen molar-refractivity contribution in [1.82, 2.24) is 10.3 Å². The number of nitrogens with one attached hydrogen (secondary N) is 1. The molecule has 0 radical (unpaired) electrons. The van der Waals surface area contributed by atoms with Crippen molar-refractivity contribution in [3.63, 3.8) is 0 Å². The highest BCUT2D eigenvalue weighted by Gasteiger charge is 2.42. The molecule has 1 aliphatic heterocycles. The van der Waals surface area contributed by atoms with Crippen LogP contribution in [-0.4, -0.2) is 65.9 Å². The second-order valence-corrected chi connectivity index (χ2v) is 10.4. The van der Waals surface area contributed by atoms with Gasteiger partial charge in [-0.3, -0.25) is 14.4 Å². The van der Waals surface area contributed by atoms with E-state index in [9.17, 15) is 24.3 Å². The maximum atomic E-state index is 13.5. The lowest BCUT2D eigenvalue weighted by Gasteiger charge is -2.29. The molecular formula is C32H34N2O9. The van der Waals surface area contributed by atoms with Gasteiger partial charge in [0.1, 0.15) is 18.6 Å². The monoisotopic (exact) mass is 590 g/mol. The zero-order chi connectivity index (χ0) is 31.1. The molecule has 11 nitrogen and oxygen atoms in total. The zero-order valence-corrected chi connectivity index (χ0v) is 24.3. The highest BCUT2D eigenvalue weighted by molar-refractivity contribution is 5.98. The van der Waals surface area contributed by atoms with Crippen LogP contribution < -0.4 is 10.1 Å². The number of hydrogen-bond donors (Lipinski definition) is 2. The SMILES string of the molecule is COc1ccnc(C(=O)N[C@H]2COC(=O)[C@H](Cc3ccc(-c4ccccc4)cc3)[C@@H](OC(=O)C(C)C)[C@H](C)OC2=O)c1O. The van der Waals surface area contributed by atoms with Crippen LogP contribution >= 0.6 is 0 Å². The van der Waals surface area contributed by atoms with E-state index in [1.54, 1.807) is 13.8 Å². The number of nitrogens with zero attached hydrogens (tertiary/aromatic N) is 1. The Morgan fingerprint density at radius 1 is 1.02 bits per heavy atom. The Kier molecular flexibility index (Phi) is 9.97. The number of amides is 1. The molecule has 0 saturated carbocycles. The van der Waals surface area contributed by atoms with E-state index in [4.69, 9.17) is 18.9 Å². The van der Waals surface area contributed by atoms with Gasteiger partial charge in [0.05, 0.1) is 13.0 Å². The van der Waals surface area contributed by atoms with Gasteiger partial charge in [-0.1, -0.05) is 68.4 Å². The summed E-state index contributed by atoms with van der Waals surface area (Å²) in [7, 11) is 1.31. The molecule has 0 unspecified atom stereocenters. The molecule has 4 atom stereocenters. The Hall–Kier alpha value is -4.93. The van der Waals surface area contributed by atoms with Crippen LogP contribution in [0.3, 0.4) is 0 Å². The van der Waals surface area contributed by atoms with E-state index in [1.165, 1.54) is 26.3 Å². The van der Waals surface area contributed by atoms with Crippen LogP contribution in [0.5, 0.6) is 11.5 Å². The molecule has 2 heterocycles. The number of pyridine rings is 1. The number of aromatic hydroxyl groups is 1. The Labute approximate surface area is 249 Å². The number of carbonyl (C=O) groups excluding carboxylic acids is 4. The minimum Gasteiger partial charge on any atom is -0.503 e. The summed E-state index contributed by atoms with van der Waals surface area (Å²) in [6.07, 6.45) is -0.859. The third kappa shape index (κ3) is 7.48. The Balaban J connectivity index is 1.58. The lowest BCUT2D eigenvalue weighted by Crippen LogP contribution is -2.47. The molecule has 226 valence electrons. The molecular weight excluding hydrogens is 556 g/mol. The molecule has 11 heteroatoms. The molecule has 0 bridgehead atoms. The molecule has 0 spiro atoms. The highest BCUT2D eigenvalue weighted by Crippen LogP contribution is 2.29. The second-order valence-electron chi connectivity index (χ2n) is 10.4. The van der Waals surface area contributed by atoms with Crippen LogP contribution in [0.25, 0.3) is 11.1 Å². The minimum atomic E-state index is -1.43. The molecule has 1 aromatic heterocycles. The van der Waals surface area contributed by atoms with Crippen LogP contribution in [0, 0.1) is 11.8 Å². The van der Waals surface area contributed by atoms with Gasteiger partial charge in [-0.05, 0) is 30.0 Å². The predicted octanol–water partition coefficient (Wildman–Crippen LogP) is 3.48. The molecule has 2 N–H and O–H groups in total. The molecule has 4 rings (SSSR count). The smallest absolute Gasteiger partial charge is 0.332 e. The third-order valence-corrected chi connectivity index (χ3v) is 7.01. The maximum Gasteiger partial charge on any atom is 0.332 e. The van der Waals surface area contributed by atoms with Crippen molar-refractivity contribution >= 4 is 23.8 Å². The van der Waals surface area contributed by atoms with Gasteiger partial charge in [0.2, 0.25) is 0 Å². The summed E-state index contributed by atoms with van der Waals surface area (Å²) >= 11 is 0. The van der Waals surface area contributed by atoms with Gasteiger partial charge >= 0.3 is 17.9 Å². The Morgan fingerprint density at radius 2 is 1.70 bits per heavy atom. The summed E-state index contributed by atoms with van der Waals surface area (Å²) in [5, 5.41) is 12.7. The molecule has 43 heavy (non-hydrogen) atoms. The summed E-state index contributed by atoms with van der Waals surface area (Å²) in [6.45, 7) is 4.25. The number of methoxy groups -OCH3 is 1. The van der Waals surface area contributed by atoms with Crippen LogP contribution in [0.1, 0.15) is 36.8 Å². The molecule has 1 amide bonds. The van der Waals surface area contributed by atoms with Gasteiger partial charge in [0.25, 0.3) is 5.91 Å². The minimum absolute atomic E-state index is 0.00620. The van der Waals surface area contributed by atoms with Crippen molar-refractivity contribution < 1.29 is 43.2 Å². The molecule has 1 saturated heterocycles. The first-order chi connectivity index (χ1) is 20.6. The van der Waals surface area contributed by atoms with Crippen molar-refractivity contribution in [2.75, 3.05) is 13.7 Å². The molecule has 0 aliphatic carbocycles. The summed E-state index contributed by atoms with van der Waals surface area (Å²) in [5.41, 5.74) is 2.40. The Morgan fingerprint density at radius 3 is 2.35 bits per heavy atom. The Bertz CT molecular complexity index is 1460. The fourth-order valence-electron chi connectivity index (χ4n) is 4.59. The number of aromatic nitrogens is 1. The highest BCUT2D eigenvalue weighted by atomic mass is 16.6. The van der Waals surface area contributed by atoms with E-state index < -0.39 is 72.0 Å². The van der Waals surface area contributed by atoms with E-state index in [2.05, 4.69) is 10.3 Å². The van der Waals surface area contributed by atoms with Crippen molar-refractivity contribution in [2.24, 2.45) is 11.8 Å². The maximum absolute atomic E-state index is 13.5. The van der Waals surface area contributed by atoms with Crippen molar-refractivity contribution in [2.45, 2.75) is 45.4 Å². The fourth-order valence-corrected chi connectivity index (χ4v) is 4.59. The number of ether oxygens (including phenoxy) is 4. The van der Waals surface area contributed by atoms with E-state index >= 15 is 0 Å². The number of esters is 3. The first kappa shape index (κ1) is 31.0. The number of rotatable bonds is 8. The molecule has 1 fully saturated rings. The van der Waals surface area contributed by atoms with Gasteiger partial charge in [-0.2, -0.15) is 0 Å². The third-order valence-electron chi connectivity index (χ3n) is 7.01. The predicted molar refractivity (Wildman–Crippen MR) is 154 cm³/mol. The summed E-state index contributed by atoms with van der Waals surface area (Å²) < 4.78 is 21.8. The summed E-state index contributed by atoms with van der Waals surface area (Å²) in [6, 6.07) is 17.3. The summed E-state index contributed by atoms with van der Waals surface area (Å²) in [4.78, 5) is 56.1. The van der Waals surface area contributed by atoms with Gasteiger partial charge in [0.15, 0.2) is 29.3 Å². The topological polar surface area (TPSA) is 150 Å². The lowest BCUT2D eigenvalue weighted by atomic mass is 9.90. The number of cyclic esters (lactones) is 2. The quantitative estimate of drug-likeness (QED) is 0.295. The van der Waals surface area contributed by atoms with E-state index in [0.717, 1.165) is 16.7 Å². The largest absolute Gasteiger partial charge is 0.503 e. The van der Waals surface area contributed by atoms with Gasteiger partial charge in [0, 0.05) is 12.3 Å². The van der Waals surface area contributed by atoms with Gasteiger partial charge in [-0.25, -0.2) is 9.78 Å². The van der Waals surface area contributed by atoms with Crippen molar-refractivity contribution in [3.8, 4) is 22.6 Å². The van der Waals surface area contributed by atoms with E-state index in [1.807, 2.05) is 54.6 Å². The van der Waals surface area contributed by atoms with Crippen LogP contribution in [-0.2, 0) is 35.0 Å². The van der Waals surface area contributed by atoms with E-state index in [-0.39, 0.29) is 12.2 Å². The van der Waals surface area contributed by atoms with Crippen molar-refractivity contribution in [1.29, 1.82) is 0 Å². The first-order valence-corrected chi connectivity index (χ1v) is 13.8. The zero-order valence-electron chi connectivity index (χ0n) is 24.3. The molecule has 2 aromatic carbocycles. The first-order valence-electron chi connectivity index (χ1n) is 13.8. The second kappa shape index (κ2) is 13.8. The fraction of sp³-hybridized carbons (Fsp3) is 0.344.